The molecule has 1 aliphatic heterocycles. The van der Waals surface area contributed by atoms with Crippen molar-refractivity contribution in [2.24, 2.45) is 0 Å². The number of benzene rings is 2. The van der Waals surface area contributed by atoms with E-state index in [1.165, 1.54) is 36.4 Å². The number of carbonyl (C=O) groups excluding carboxylic acids is 2. The second-order valence-electron chi connectivity index (χ2n) is 5.12. The van der Waals surface area contributed by atoms with Crippen LogP contribution in [-0.4, -0.2) is 37.8 Å². The van der Waals surface area contributed by atoms with E-state index < -0.39 is 21.9 Å². The molecule has 0 aromatic heterocycles. The van der Waals surface area contributed by atoms with Crippen LogP contribution in [0.15, 0.2) is 47.4 Å². The van der Waals surface area contributed by atoms with Gasteiger partial charge in [-0.25, -0.2) is 17.5 Å². The van der Waals surface area contributed by atoms with Gasteiger partial charge >= 0.3 is 5.97 Å². The van der Waals surface area contributed by atoms with E-state index in [0.717, 1.165) is 0 Å². The van der Waals surface area contributed by atoms with Crippen LogP contribution in [0.4, 0.5) is 0 Å². The predicted octanol–water partition coefficient (Wildman–Crippen LogP) is 2.99. The number of ether oxygens (including phenoxy) is 1. The Morgan fingerprint density at radius 1 is 1.08 bits per heavy atom. The third kappa shape index (κ3) is 3.10. The van der Waals surface area contributed by atoms with Crippen molar-refractivity contribution in [2.45, 2.75) is 4.90 Å². The number of esters is 1. The Morgan fingerprint density at radius 2 is 1.80 bits per heavy atom. The third-order valence-electron chi connectivity index (χ3n) is 3.61. The minimum Gasteiger partial charge on any atom is -0.460 e. The smallest absolute Gasteiger partial charge is 0.339 e. The van der Waals surface area contributed by atoms with Gasteiger partial charge in [-0.1, -0.05) is 41.4 Å². The standard InChI is InChI=1S/C16H11Cl2NO5S/c17-12-6-3-5-11(14(12)18)16(21)24-9-8-19-15(20)10-4-1-2-7-13(10)25(19,22)23/h1-7H,8-9H2. The van der Waals surface area contributed by atoms with Crippen molar-refractivity contribution in [3.8, 4) is 0 Å². The Bertz CT molecular complexity index is 974. The summed E-state index contributed by atoms with van der Waals surface area (Å²) in [5.41, 5.74) is 0.166. The maximum Gasteiger partial charge on any atom is 0.339 e. The van der Waals surface area contributed by atoms with E-state index in [2.05, 4.69) is 0 Å². The van der Waals surface area contributed by atoms with E-state index in [0.29, 0.717) is 4.31 Å². The van der Waals surface area contributed by atoms with Gasteiger partial charge in [0.1, 0.15) is 11.5 Å². The first-order chi connectivity index (χ1) is 11.8. The molecular weight excluding hydrogens is 389 g/mol. The highest BCUT2D eigenvalue weighted by Gasteiger charge is 2.40. The zero-order valence-electron chi connectivity index (χ0n) is 12.6. The number of halogens is 2. The number of carbonyl (C=O) groups is 2. The molecule has 6 nitrogen and oxygen atoms in total. The van der Waals surface area contributed by atoms with Crippen LogP contribution in [0.5, 0.6) is 0 Å². The van der Waals surface area contributed by atoms with Gasteiger partial charge in [0.05, 0.1) is 27.7 Å². The molecule has 130 valence electrons. The summed E-state index contributed by atoms with van der Waals surface area (Å²) in [6, 6.07) is 10.4. The van der Waals surface area contributed by atoms with Crippen LogP contribution in [0, 0.1) is 0 Å². The van der Waals surface area contributed by atoms with Crippen molar-refractivity contribution in [3.63, 3.8) is 0 Å². The highest BCUT2D eigenvalue weighted by Crippen LogP contribution is 2.30. The highest BCUT2D eigenvalue weighted by molar-refractivity contribution is 7.90. The molecule has 1 amide bonds. The van der Waals surface area contributed by atoms with E-state index >= 15 is 0 Å². The molecule has 1 heterocycles. The molecule has 1 aliphatic rings. The topological polar surface area (TPSA) is 80.8 Å². The van der Waals surface area contributed by atoms with Gasteiger partial charge in [-0.2, -0.15) is 0 Å². The SMILES string of the molecule is O=C(OCCN1C(=O)c2ccccc2S1(=O)=O)c1cccc(Cl)c1Cl. The zero-order valence-corrected chi connectivity index (χ0v) is 14.9. The van der Waals surface area contributed by atoms with Crippen molar-refractivity contribution in [2.75, 3.05) is 13.2 Å². The average molecular weight is 400 g/mol. The molecule has 3 rings (SSSR count). The first-order valence-corrected chi connectivity index (χ1v) is 9.31. The molecule has 0 spiro atoms. The van der Waals surface area contributed by atoms with Crippen LogP contribution in [0.25, 0.3) is 0 Å². The lowest BCUT2D eigenvalue weighted by molar-refractivity contribution is 0.0478. The van der Waals surface area contributed by atoms with Crippen LogP contribution < -0.4 is 0 Å². The Balaban J connectivity index is 1.70. The molecule has 0 unspecified atom stereocenters. The molecule has 2 aromatic rings. The molecule has 25 heavy (non-hydrogen) atoms. The molecule has 0 bridgehead atoms. The van der Waals surface area contributed by atoms with Crippen LogP contribution >= 0.6 is 23.2 Å². The van der Waals surface area contributed by atoms with Crippen molar-refractivity contribution in [1.29, 1.82) is 0 Å². The number of rotatable bonds is 4. The number of sulfonamides is 1. The molecule has 2 aromatic carbocycles. The third-order valence-corrected chi connectivity index (χ3v) is 6.27. The summed E-state index contributed by atoms with van der Waals surface area (Å²) in [5, 5.41) is 0.246. The van der Waals surface area contributed by atoms with Gasteiger partial charge in [0, 0.05) is 0 Å². The lowest BCUT2D eigenvalue weighted by atomic mass is 10.2. The van der Waals surface area contributed by atoms with Gasteiger partial charge in [-0.05, 0) is 24.3 Å². The van der Waals surface area contributed by atoms with E-state index in [-0.39, 0.29) is 39.2 Å². The molecule has 0 atom stereocenters. The Labute approximate surface area is 154 Å². The largest absolute Gasteiger partial charge is 0.460 e. The van der Waals surface area contributed by atoms with Gasteiger partial charge in [-0.3, -0.25) is 4.79 Å². The van der Waals surface area contributed by atoms with E-state index in [1.807, 2.05) is 0 Å². The van der Waals surface area contributed by atoms with Gasteiger partial charge in [-0.15, -0.1) is 0 Å². The normalized spacial score (nSPS) is 15.1. The van der Waals surface area contributed by atoms with Crippen LogP contribution in [0.3, 0.4) is 0 Å². The second-order valence-corrected chi connectivity index (χ2v) is 7.73. The molecule has 0 N–H and O–H groups in total. The predicted molar refractivity (Wildman–Crippen MR) is 91.4 cm³/mol. The quantitative estimate of drug-likeness (QED) is 0.738. The molecule has 9 heteroatoms. The summed E-state index contributed by atoms with van der Waals surface area (Å²) in [4.78, 5) is 24.2. The van der Waals surface area contributed by atoms with Gasteiger partial charge in [0.2, 0.25) is 0 Å². The van der Waals surface area contributed by atoms with Crippen LogP contribution in [0.1, 0.15) is 20.7 Å². The summed E-state index contributed by atoms with van der Waals surface area (Å²) >= 11 is 11.8. The fourth-order valence-electron chi connectivity index (χ4n) is 2.41. The first-order valence-electron chi connectivity index (χ1n) is 7.11. The van der Waals surface area contributed by atoms with E-state index in [1.54, 1.807) is 6.07 Å². The highest BCUT2D eigenvalue weighted by atomic mass is 35.5. The molecule has 0 fully saturated rings. The van der Waals surface area contributed by atoms with E-state index in [9.17, 15) is 18.0 Å². The van der Waals surface area contributed by atoms with Gasteiger partial charge in [0.15, 0.2) is 0 Å². The summed E-state index contributed by atoms with van der Waals surface area (Å²) in [5.74, 6) is -1.40. The van der Waals surface area contributed by atoms with Crippen molar-refractivity contribution < 1.29 is 22.7 Å². The summed E-state index contributed by atoms with van der Waals surface area (Å²) in [6.45, 7) is -0.597. The summed E-state index contributed by atoms with van der Waals surface area (Å²) in [6.07, 6.45) is 0. The van der Waals surface area contributed by atoms with Crippen molar-refractivity contribution in [3.05, 3.63) is 63.6 Å². The summed E-state index contributed by atoms with van der Waals surface area (Å²) < 4.78 is 30.4. The second kappa shape index (κ2) is 6.67. The number of fused-ring (bicyclic) bond motifs is 1. The first kappa shape index (κ1) is 17.7. The lowest BCUT2D eigenvalue weighted by Crippen LogP contribution is -2.33. The Morgan fingerprint density at radius 3 is 2.52 bits per heavy atom. The van der Waals surface area contributed by atoms with Gasteiger partial charge < -0.3 is 4.74 Å². The lowest BCUT2D eigenvalue weighted by Gasteiger charge is -2.15. The van der Waals surface area contributed by atoms with Crippen molar-refractivity contribution >= 4 is 45.1 Å². The zero-order chi connectivity index (χ0) is 18.2. The van der Waals surface area contributed by atoms with Gasteiger partial charge in [0.25, 0.3) is 15.9 Å². The monoisotopic (exact) mass is 399 g/mol. The van der Waals surface area contributed by atoms with Crippen LogP contribution in [0.2, 0.25) is 10.0 Å². The number of hydrogen-bond acceptors (Lipinski definition) is 5. The van der Waals surface area contributed by atoms with Crippen LogP contribution in [-0.2, 0) is 14.8 Å². The Hall–Kier alpha value is -2.09. The molecular formula is C16H11Cl2NO5S. The fraction of sp³-hybridized carbons (Fsp3) is 0.125. The minimum atomic E-state index is -3.93. The molecule has 0 radical (unpaired) electrons. The fourth-order valence-corrected chi connectivity index (χ4v) is 4.34. The van der Waals surface area contributed by atoms with E-state index in [4.69, 9.17) is 27.9 Å². The average Bonchev–Trinajstić information content (AvgIpc) is 2.78. The van der Waals surface area contributed by atoms with Crippen molar-refractivity contribution in [1.82, 2.24) is 4.31 Å². The number of nitrogens with zero attached hydrogens (tertiary/aromatic N) is 1. The number of hydrogen-bond donors (Lipinski definition) is 0. The minimum absolute atomic E-state index is 0.0476. The molecule has 0 aliphatic carbocycles. The molecule has 0 saturated carbocycles. The maximum absolute atomic E-state index is 12.4. The maximum atomic E-state index is 12.4. The molecule has 0 saturated heterocycles. The summed E-state index contributed by atoms with van der Waals surface area (Å²) in [7, 11) is -3.93. The number of amides is 1. The Kier molecular flexibility index (Phi) is 4.73.